The molecule has 1 atom stereocenters. The summed E-state index contributed by atoms with van der Waals surface area (Å²) in [6.45, 7) is 3.85. The van der Waals surface area contributed by atoms with Gasteiger partial charge in [-0.2, -0.15) is 0 Å². The van der Waals surface area contributed by atoms with E-state index in [1.165, 1.54) is 12.1 Å². The summed E-state index contributed by atoms with van der Waals surface area (Å²) in [6.07, 6.45) is 0. The van der Waals surface area contributed by atoms with Crippen LogP contribution in [-0.2, 0) is 16.8 Å². The van der Waals surface area contributed by atoms with Crippen LogP contribution in [0.15, 0.2) is 84.9 Å². The summed E-state index contributed by atoms with van der Waals surface area (Å²) in [7, 11) is 0. The van der Waals surface area contributed by atoms with Crippen LogP contribution in [0.2, 0.25) is 5.02 Å². The Bertz CT molecular complexity index is 1490. The van der Waals surface area contributed by atoms with E-state index in [0.29, 0.717) is 27.3 Å². The fourth-order valence-corrected chi connectivity index (χ4v) is 5.33. The van der Waals surface area contributed by atoms with Crippen molar-refractivity contribution in [2.24, 2.45) is 0 Å². The van der Waals surface area contributed by atoms with Crippen LogP contribution in [0.5, 0.6) is 5.75 Å². The third kappa shape index (κ3) is 3.53. The van der Waals surface area contributed by atoms with Crippen LogP contribution in [0, 0.1) is 24.0 Å². The number of amides is 1. The van der Waals surface area contributed by atoms with Crippen molar-refractivity contribution in [3.05, 3.63) is 133 Å². The number of carbonyl (C=O) groups excluding carboxylic acids is 1. The maximum atomic E-state index is 14.6. The van der Waals surface area contributed by atoms with Crippen molar-refractivity contribution in [3.63, 3.8) is 0 Å². The van der Waals surface area contributed by atoms with Gasteiger partial charge in [0.1, 0.15) is 11.2 Å². The Kier molecular flexibility index (Phi) is 5.77. The van der Waals surface area contributed by atoms with Crippen molar-refractivity contribution >= 4 is 28.9 Å². The highest BCUT2D eigenvalue weighted by Gasteiger charge is 2.53. The summed E-state index contributed by atoms with van der Waals surface area (Å²) in [6, 6.07) is 24.7. The SMILES string of the molecule is Cc1cc(C2(c3ccc([N+](=O)[O-])cc3)C(=O)N(Cc3ccccc3Cl)c3ccccc32)cc(C)c1O. The van der Waals surface area contributed by atoms with Crippen LogP contribution in [0.4, 0.5) is 11.4 Å². The molecule has 1 heterocycles. The van der Waals surface area contributed by atoms with E-state index in [4.69, 9.17) is 11.6 Å². The monoisotopic (exact) mass is 498 g/mol. The molecule has 1 amide bonds. The Morgan fingerprint density at radius 1 is 0.917 bits per heavy atom. The van der Waals surface area contributed by atoms with Crippen LogP contribution in [0.1, 0.15) is 33.4 Å². The van der Waals surface area contributed by atoms with Gasteiger partial charge in [-0.25, -0.2) is 0 Å². The van der Waals surface area contributed by atoms with Gasteiger partial charge in [0, 0.05) is 28.4 Å². The van der Waals surface area contributed by atoms with E-state index >= 15 is 0 Å². The average Bonchev–Trinajstić information content (AvgIpc) is 3.12. The molecule has 0 saturated carbocycles. The Labute approximate surface area is 213 Å². The fraction of sp³-hybridized carbons (Fsp3) is 0.138. The minimum absolute atomic E-state index is 0.0568. The number of aryl methyl sites for hydroxylation is 2. The molecule has 4 aromatic rings. The first kappa shape index (κ1) is 23.6. The van der Waals surface area contributed by atoms with Crippen LogP contribution in [0.25, 0.3) is 0 Å². The number of hydrogen-bond donors (Lipinski definition) is 1. The zero-order valence-electron chi connectivity index (χ0n) is 19.7. The first-order valence-corrected chi connectivity index (χ1v) is 11.8. The Hall–Kier alpha value is -4.16. The number of anilines is 1. The van der Waals surface area contributed by atoms with Crippen molar-refractivity contribution < 1.29 is 14.8 Å². The highest BCUT2D eigenvalue weighted by atomic mass is 35.5. The summed E-state index contributed by atoms with van der Waals surface area (Å²) in [5.41, 5.74) is 3.56. The van der Waals surface area contributed by atoms with Crippen LogP contribution in [0.3, 0.4) is 0 Å². The number of halogens is 1. The second kappa shape index (κ2) is 8.81. The molecule has 4 aromatic carbocycles. The summed E-state index contributed by atoms with van der Waals surface area (Å²) >= 11 is 6.46. The molecular formula is C29H23ClN2O4. The zero-order valence-corrected chi connectivity index (χ0v) is 20.5. The van der Waals surface area contributed by atoms with E-state index in [9.17, 15) is 20.0 Å². The van der Waals surface area contributed by atoms with Crippen LogP contribution < -0.4 is 4.90 Å². The number of para-hydroxylation sites is 1. The van der Waals surface area contributed by atoms with Crippen molar-refractivity contribution in [1.29, 1.82) is 0 Å². The molecule has 0 spiro atoms. The number of phenolic OH excluding ortho intramolecular Hbond substituents is 1. The molecule has 36 heavy (non-hydrogen) atoms. The third-order valence-corrected chi connectivity index (χ3v) is 7.26. The Balaban J connectivity index is 1.80. The molecule has 6 nitrogen and oxygen atoms in total. The van der Waals surface area contributed by atoms with Gasteiger partial charge in [-0.3, -0.25) is 14.9 Å². The first-order valence-electron chi connectivity index (χ1n) is 11.5. The Morgan fingerprint density at radius 3 is 2.17 bits per heavy atom. The number of carbonyl (C=O) groups is 1. The quantitative estimate of drug-likeness (QED) is 0.253. The van der Waals surface area contributed by atoms with Gasteiger partial charge in [-0.05, 0) is 53.8 Å². The van der Waals surface area contributed by atoms with E-state index in [0.717, 1.165) is 16.8 Å². The van der Waals surface area contributed by atoms with Gasteiger partial charge in [0.05, 0.1) is 11.5 Å². The fourth-order valence-electron chi connectivity index (χ4n) is 5.14. The van der Waals surface area contributed by atoms with E-state index in [1.54, 1.807) is 36.9 Å². The first-order chi connectivity index (χ1) is 17.2. The minimum Gasteiger partial charge on any atom is -0.507 e. The number of rotatable bonds is 5. The standard InChI is InChI=1S/C29H23ClN2O4/c1-18-15-22(16-19(2)27(18)33)29(21-11-13-23(14-12-21)32(35)36)24-8-4-6-10-26(24)31(28(29)34)17-20-7-3-5-9-25(20)30/h3-16,33H,17H2,1-2H3. The lowest BCUT2D eigenvalue weighted by Crippen LogP contribution is -2.42. The number of nitro benzene ring substituents is 1. The zero-order chi connectivity index (χ0) is 25.6. The number of aromatic hydroxyl groups is 1. The van der Waals surface area contributed by atoms with Gasteiger partial charge in [-0.1, -0.05) is 72.3 Å². The van der Waals surface area contributed by atoms with Crippen molar-refractivity contribution in [3.8, 4) is 5.75 Å². The van der Waals surface area contributed by atoms with E-state index in [2.05, 4.69) is 0 Å². The van der Waals surface area contributed by atoms with Crippen LogP contribution in [-0.4, -0.2) is 15.9 Å². The number of nitro groups is 1. The summed E-state index contributed by atoms with van der Waals surface area (Å²) < 4.78 is 0. The number of nitrogens with zero attached hydrogens (tertiary/aromatic N) is 2. The molecule has 7 heteroatoms. The van der Waals surface area contributed by atoms with Crippen LogP contribution >= 0.6 is 11.6 Å². The normalized spacial score (nSPS) is 16.8. The van der Waals surface area contributed by atoms with Crippen molar-refractivity contribution in [2.45, 2.75) is 25.8 Å². The molecule has 180 valence electrons. The highest BCUT2D eigenvalue weighted by molar-refractivity contribution is 6.31. The molecule has 1 aliphatic heterocycles. The summed E-state index contributed by atoms with van der Waals surface area (Å²) in [5, 5.41) is 22.4. The largest absolute Gasteiger partial charge is 0.507 e. The Morgan fingerprint density at radius 2 is 1.53 bits per heavy atom. The molecule has 0 bridgehead atoms. The summed E-state index contributed by atoms with van der Waals surface area (Å²) in [5.74, 6) is -0.0220. The maximum Gasteiger partial charge on any atom is 0.269 e. The van der Waals surface area contributed by atoms with Crippen molar-refractivity contribution in [2.75, 3.05) is 4.90 Å². The predicted molar refractivity (Wildman–Crippen MR) is 140 cm³/mol. The van der Waals surface area contributed by atoms with Gasteiger partial charge in [-0.15, -0.1) is 0 Å². The van der Waals surface area contributed by atoms with E-state index in [-0.39, 0.29) is 23.9 Å². The molecule has 0 aromatic heterocycles. The highest BCUT2D eigenvalue weighted by Crippen LogP contribution is 2.52. The molecule has 0 aliphatic carbocycles. The molecular weight excluding hydrogens is 476 g/mol. The molecule has 0 radical (unpaired) electrons. The summed E-state index contributed by atoms with van der Waals surface area (Å²) in [4.78, 5) is 27.2. The number of fused-ring (bicyclic) bond motifs is 1. The number of non-ortho nitro benzene ring substituents is 1. The van der Waals surface area contributed by atoms with Gasteiger partial charge >= 0.3 is 0 Å². The predicted octanol–water partition coefficient (Wildman–Crippen LogP) is 6.45. The number of phenols is 1. The molecule has 1 N–H and O–H groups in total. The molecule has 0 fully saturated rings. The molecule has 5 rings (SSSR count). The lowest BCUT2D eigenvalue weighted by atomic mass is 9.69. The second-order valence-electron chi connectivity index (χ2n) is 9.01. The van der Waals surface area contributed by atoms with Gasteiger partial charge in [0.2, 0.25) is 5.91 Å². The maximum absolute atomic E-state index is 14.6. The second-order valence-corrected chi connectivity index (χ2v) is 9.42. The van der Waals surface area contributed by atoms with Gasteiger partial charge in [0.15, 0.2) is 0 Å². The van der Waals surface area contributed by atoms with E-state index < -0.39 is 10.3 Å². The third-order valence-electron chi connectivity index (χ3n) is 6.89. The lowest BCUT2D eigenvalue weighted by Gasteiger charge is -2.31. The smallest absolute Gasteiger partial charge is 0.269 e. The number of benzene rings is 4. The lowest BCUT2D eigenvalue weighted by molar-refractivity contribution is -0.384. The minimum atomic E-state index is -1.27. The molecule has 0 saturated heterocycles. The molecule has 1 unspecified atom stereocenters. The van der Waals surface area contributed by atoms with Crippen molar-refractivity contribution in [1.82, 2.24) is 0 Å². The average molecular weight is 499 g/mol. The van der Waals surface area contributed by atoms with Gasteiger partial charge in [0.25, 0.3) is 5.69 Å². The van der Waals surface area contributed by atoms with E-state index in [1.807, 2.05) is 54.6 Å². The van der Waals surface area contributed by atoms with Gasteiger partial charge < -0.3 is 10.0 Å². The topological polar surface area (TPSA) is 83.7 Å². The number of hydrogen-bond acceptors (Lipinski definition) is 4. The molecule has 1 aliphatic rings.